The Hall–Kier alpha value is -2.02. The number of rotatable bonds is 5. The summed E-state index contributed by atoms with van der Waals surface area (Å²) < 4.78 is 5.04. The Bertz CT molecular complexity index is 480. The van der Waals surface area contributed by atoms with Gasteiger partial charge in [0.1, 0.15) is 0 Å². The first-order chi connectivity index (χ1) is 9.61. The van der Waals surface area contributed by atoms with Crippen LogP contribution in [0.4, 0.5) is 5.95 Å². The van der Waals surface area contributed by atoms with Crippen LogP contribution in [-0.4, -0.2) is 53.0 Å². The minimum atomic E-state index is -0.370. The van der Waals surface area contributed by atoms with Crippen molar-refractivity contribution in [3.8, 4) is 0 Å². The maximum Gasteiger partial charge on any atom is 0.232 e. The van der Waals surface area contributed by atoms with Crippen LogP contribution in [-0.2, 0) is 14.3 Å². The van der Waals surface area contributed by atoms with Crippen LogP contribution < -0.4 is 5.32 Å². The molecule has 1 aromatic heterocycles. The highest BCUT2D eigenvalue weighted by Crippen LogP contribution is 2.21. The Balaban J connectivity index is 1.94. The molecule has 1 aliphatic rings. The number of amides is 2. The zero-order valence-electron chi connectivity index (χ0n) is 11.6. The largest absolute Gasteiger partial charge is 0.383 e. The van der Waals surface area contributed by atoms with Crippen molar-refractivity contribution in [2.75, 3.05) is 25.6 Å². The van der Waals surface area contributed by atoms with Crippen molar-refractivity contribution in [2.24, 2.45) is 5.92 Å². The zero-order valence-corrected chi connectivity index (χ0v) is 11.6. The van der Waals surface area contributed by atoms with E-state index in [-0.39, 0.29) is 36.1 Å². The summed E-state index contributed by atoms with van der Waals surface area (Å²) in [4.78, 5) is 33.5. The summed E-state index contributed by atoms with van der Waals surface area (Å²) in [5.74, 6) is -0.362. The van der Waals surface area contributed by atoms with Crippen molar-refractivity contribution >= 4 is 17.8 Å². The average Bonchev–Trinajstić information content (AvgIpc) is 2.82. The molecule has 2 heterocycles. The molecule has 1 aliphatic heterocycles. The molecular weight excluding hydrogens is 260 g/mol. The van der Waals surface area contributed by atoms with Crippen LogP contribution in [0.3, 0.4) is 0 Å². The minimum Gasteiger partial charge on any atom is -0.383 e. The molecule has 0 saturated carbocycles. The predicted octanol–water partition coefficient (Wildman–Crippen LogP) is 0.299. The summed E-state index contributed by atoms with van der Waals surface area (Å²) in [5.41, 5.74) is 0. The van der Waals surface area contributed by atoms with Gasteiger partial charge in [-0.2, -0.15) is 0 Å². The summed E-state index contributed by atoms with van der Waals surface area (Å²) >= 11 is 0. The quantitative estimate of drug-likeness (QED) is 0.837. The van der Waals surface area contributed by atoms with E-state index in [9.17, 15) is 9.59 Å². The van der Waals surface area contributed by atoms with Gasteiger partial charge in [-0.3, -0.25) is 14.9 Å². The Kier molecular flexibility index (Phi) is 4.62. The van der Waals surface area contributed by atoms with E-state index < -0.39 is 0 Å². The van der Waals surface area contributed by atoms with Gasteiger partial charge in [-0.25, -0.2) is 9.97 Å². The molecule has 2 rings (SSSR count). The lowest BCUT2D eigenvalue weighted by molar-refractivity contribution is -0.130. The molecule has 7 nitrogen and oxygen atoms in total. The molecule has 1 N–H and O–H groups in total. The number of carbonyl (C=O) groups is 2. The Labute approximate surface area is 117 Å². The maximum absolute atomic E-state index is 12.1. The van der Waals surface area contributed by atoms with Crippen LogP contribution in [0.25, 0.3) is 0 Å². The van der Waals surface area contributed by atoms with Crippen molar-refractivity contribution in [1.82, 2.24) is 14.9 Å². The number of ether oxygens (including phenoxy) is 1. The first-order valence-corrected chi connectivity index (χ1v) is 6.48. The molecule has 1 saturated heterocycles. The van der Waals surface area contributed by atoms with Crippen molar-refractivity contribution < 1.29 is 14.3 Å². The van der Waals surface area contributed by atoms with Gasteiger partial charge < -0.3 is 9.64 Å². The third kappa shape index (κ3) is 3.30. The second-order valence-electron chi connectivity index (χ2n) is 4.81. The van der Waals surface area contributed by atoms with Gasteiger partial charge in [0.15, 0.2) is 0 Å². The van der Waals surface area contributed by atoms with Crippen molar-refractivity contribution in [3.63, 3.8) is 0 Å². The first kappa shape index (κ1) is 14.4. The van der Waals surface area contributed by atoms with E-state index in [1.165, 1.54) is 0 Å². The number of hydrogen-bond donors (Lipinski definition) is 1. The minimum absolute atomic E-state index is 0.0244. The van der Waals surface area contributed by atoms with Gasteiger partial charge in [-0.15, -0.1) is 0 Å². The first-order valence-electron chi connectivity index (χ1n) is 6.48. The van der Waals surface area contributed by atoms with Gasteiger partial charge in [0.2, 0.25) is 17.8 Å². The second-order valence-corrected chi connectivity index (χ2v) is 4.81. The number of aromatic nitrogens is 2. The van der Waals surface area contributed by atoms with E-state index in [1.54, 1.807) is 30.5 Å². The SMILES string of the molecule is COC[C@@H](C)N1C[C@H](C(=O)Nc2ncccn2)CC1=O. The van der Waals surface area contributed by atoms with Crippen molar-refractivity contribution in [1.29, 1.82) is 0 Å². The number of nitrogens with one attached hydrogen (secondary N) is 1. The molecule has 7 heteroatoms. The van der Waals surface area contributed by atoms with E-state index in [0.29, 0.717) is 13.2 Å². The number of nitrogens with zero attached hydrogens (tertiary/aromatic N) is 3. The number of methoxy groups -OCH3 is 1. The lowest BCUT2D eigenvalue weighted by Gasteiger charge is -2.23. The Morgan fingerprint density at radius 3 is 2.90 bits per heavy atom. The fourth-order valence-corrected chi connectivity index (χ4v) is 2.24. The van der Waals surface area contributed by atoms with E-state index in [4.69, 9.17) is 4.74 Å². The molecule has 0 spiro atoms. The summed E-state index contributed by atoms with van der Waals surface area (Å²) in [6.45, 7) is 2.77. The highest BCUT2D eigenvalue weighted by Gasteiger charge is 2.36. The highest BCUT2D eigenvalue weighted by molar-refractivity contribution is 5.96. The molecule has 0 aliphatic carbocycles. The summed E-state index contributed by atoms with van der Waals surface area (Å²) in [7, 11) is 1.59. The zero-order chi connectivity index (χ0) is 14.5. The summed E-state index contributed by atoms with van der Waals surface area (Å²) in [6.07, 6.45) is 3.32. The van der Waals surface area contributed by atoms with Crippen LogP contribution in [0.15, 0.2) is 18.5 Å². The average molecular weight is 278 g/mol. The number of hydrogen-bond acceptors (Lipinski definition) is 5. The van der Waals surface area contributed by atoms with E-state index >= 15 is 0 Å². The van der Waals surface area contributed by atoms with Crippen molar-refractivity contribution in [2.45, 2.75) is 19.4 Å². The van der Waals surface area contributed by atoms with Gasteiger partial charge in [0.05, 0.1) is 18.6 Å². The van der Waals surface area contributed by atoms with Crippen LogP contribution in [0, 0.1) is 5.92 Å². The lowest BCUT2D eigenvalue weighted by atomic mass is 10.1. The monoisotopic (exact) mass is 278 g/mol. The topological polar surface area (TPSA) is 84.4 Å². The number of likely N-dealkylation sites (tertiary alicyclic amines) is 1. The molecule has 108 valence electrons. The fourth-order valence-electron chi connectivity index (χ4n) is 2.24. The molecule has 1 aromatic rings. The highest BCUT2D eigenvalue weighted by atomic mass is 16.5. The van der Waals surface area contributed by atoms with Gasteiger partial charge >= 0.3 is 0 Å². The Morgan fingerprint density at radius 1 is 1.55 bits per heavy atom. The third-order valence-corrected chi connectivity index (χ3v) is 3.27. The molecular formula is C13H18N4O3. The standard InChI is InChI=1S/C13H18N4O3/c1-9(8-20-2)17-7-10(6-11(17)18)12(19)16-13-14-4-3-5-15-13/h3-5,9-10H,6-8H2,1-2H3,(H,14,15,16,19)/t9-,10-/m1/s1. The Morgan fingerprint density at radius 2 is 2.25 bits per heavy atom. The van der Waals surface area contributed by atoms with Gasteiger partial charge in [-0.1, -0.05) is 0 Å². The molecule has 0 radical (unpaired) electrons. The molecule has 1 fully saturated rings. The molecule has 2 atom stereocenters. The molecule has 20 heavy (non-hydrogen) atoms. The second kappa shape index (κ2) is 6.42. The molecule has 0 aromatic carbocycles. The van der Waals surface area contributed by atoms with Crippen LogP contribution in [0.1, 0.15) is 13.3 Å². The molecule has 0 bridgehead atoms. The van der Waals surface area contributed by atoms with E-state index in [1.807, 2.05) is 6.92 Å². The van der Waals surface area contributed by atoms with Gasteiger partial charge in [0, 0.05) is 32.5 Å². The molecule has 0 unspecified atom stereocenters. The maximum atomic E-state index is 12.1. The van der Waals surface area contributed by atoms with Crippen LogP contribution in [0.5, 0.6) is 0 Å². The summed E-state index contributed by atoms with van der Waals surface area (Å²) in [5, 5.41) is 2.62. The lowest BCUT2D eigenvalue weighted by Crippen LogP contribution is -2.38. The predicted molar refractivity (Wildman–Crippen MR) is 71.8 cm³/mol. The molecule has 2 amide bonds. The summed E-state index contributed by atoms with van der Waals surface area (Å²) in [6, 6.07) is 1.64. The third-order valence-electron chi connectivity index (χ3n) is 3.27. The number of carbonyl (C=O) groups excluding carboxylic acids is 2. The van der Waals surface area contributed by atoms with E-state index in [0.717, 1.165) is 0 Å². The normalized spacial score (nSPS) is 20.0. The number of anilines is 1. The fraction of sp³-hybridized carbons (Fsp3) is 0.538. The van der Waals surface area contributed by atoms with Crippen molar-refractivity contribution in [3.05, 3.63) is 18.5 Å². The van der Waals surface area contributed by atoms with Crippen LogP contribution >= 0.6 is 0 Å². The van der Waals surface area contributed by atoms with E-state index in [2.05, 4.69) is 15.3 Å². The smallest absolute Gasteiger partial charge is 0.232 e. The van der Waals surface area contributed by atoms with Gasteiger partial charge in [-0.05, 0) is 13.0 Å². The van der Waals surface area contributed by atoms with Crippen LogP contribution in [0.2, 0.25) is 0 Å². The van der Waals surface area contributed by atoms with Gasteiger partial charge in [0.25, 0.3) is 0 Å².